The Morgan fingerprint density at radius 2 is 0.960 bits per heavy atom. The second kappa shape index (κ2) is 11.4. The van der Waals surface area contributed by atoms with Gasteiger partial charge in [-0.25, -0.2) is 15.0 Å². The highest BCUT2D eigenvalue weighted by Crippen LogP contribution is 2.38. The molecule has 50 heavy (non-hydrogen) atoms. The van der Waals surface area contributed by atoms with Gasteiger partial charge in [-0.3, -0.25) is 0 Å². The van der Waals surface area contributed by atoms with Crippen LogP contribution in [-0.4, -0.2) is 15.0 Å². The largest absolute Gasteiger partial charge is 0.456 e. The van der Waals surface area contributed by atoms with Gasteiger partial charge in [0, 0.05) is 32.7 Å². The van der Waals surface area contributed by atoms with Gasteiger partial charge in [0.15, 0.2) is 17.5 Å². The normalized spacial score (nSPS) is 15.5. The van der Waals surface area contributed by atoms with Crippen LogP contribution >= 0.6 is 0 Å². The molecule has 0 N–H and O–H groups in total. The lowest BCUT2D eigenvalue weighted by Crippen LogP contribution is -2.01. The Bertz CT molecular complexity index is 3670. The smallest absolute Gasteiger partial charge is 0.167 e. The Balaban J connectivity index is 1.31. The average Bonchev–Trinajstić information content (AvgIpc) is 3.92. The van der Waals surface area contributed by atoms with Crippen LogP contribution in [0.25, 0.3) is 100 Å². The Morgan fingerprint density at radius 3 is 1.76 bits per heavy atom. The van der Waals surface area contributed by atoms with E-state index in [9.17, 15) is 4.11 Å². The summed E-state index contributed by atoms with van der Waals surface area (Å²) < 4.78 is 134. The van der Waals surface area contributed by atoms with Gasteiger partial charge in [0.1, 0.15) is 22.3 Å². The van der Waals surface area contributed by atoms with E-state index >= 15 is 0 Å². The SMILES string of the molecule is [2H]c1c([2H])c([2H])c2c(oc3c([2H])c([2H])c(-c4nc(-c5ccccc5-c5ccc(-c6ccccc6)cc5)nc(-c5c([2H])c([2H])c([2H])c6c5oc5c([2H])c([2H])c([2H])c([2H])c56)n4)c([2H])c32)c1[2H]. The molecule has 10 aromatic rings. The summed E-state index contributed by atoms with van der Waals surface area (Å²) in [5.74, 6) is -0.817. The number of aromatic nitrogens is 3. The van der Waals surface area contributed by atoms with Crippen molar-refractivity contribution in [2.45, 2.75) is 0 Å². The van der Waals surface area contributed by atoms with Gasteiger partial charge in [0.05, 0.1) is 24.8 Å². The molecule has 5 nitrogen and oxygen atoms in total. The minimum absolute atomic E-state index is 0.0680. The van der Waals surface area contributed by atoms with E-state index in [1.54, 1.807) is 18.2 Å². The van der Waals surface area contributed by atoms with Crippen molar-refractivity contribution in [1.82, 2.24) is 15.0 Å². The van der Waals surface area contributed by atoms with Crippen molar-refractivity contribution < 1.29 is 28.0 Å². The summed E-state index contributed by atoms with van der Waals surface area (Å²) in [5.41, 5.74) is 1.79. The van der Waals surface area contributed by atoms with Crippen molar-refractivity contribution in [2.24, 2.45) is 0 Å². The molecule has 0 aliphatic carbocycles. The number of fused-ring (bicyclic) bond motifs is 6. The fourth-order valence-corrected chi connectivity index (χ4v) is 6.02. The summed E-state index contributed by atoms with van der Waals surface area (Å²) in [7, 11) is 0. The monoisotopic (exact) mass is 655 g/mol. The van der Waals surface area contributed by atoms with Crippen LogP contribution in [0.5, 0.6) is 0 Å². The van der Waals surface area contributed by atoms with Gasteiger partial charge >= 0.3 is 0 Å². The lowest BCUT2D eigenvalue weighted by atomic mass is 9.96. The number of hydrogen-bond acceptors (Lipinski definition) is 5. The zero-order valence-electron chi connectivity index (χ0n) is 39.7. The van der Waals surface area contributed by atoms with Crippen LogP contribution in [0.15, 0.2) is 172 Å². The summed E-state index contributed by atoms with van der Waals surface area (Å²) in [6.45, 7) is 0. The van der Waals surface area contributed by atoms with Crippen LogP contribution in [0.4, 0.5) is 0 Å². The maximum absolute atomic E-state index is 9.51. The minimum Gasteiger partial charge on any atom is -0.456 e. The zero-order valence-corrected chi connectivity index (χ0v) is 25.7. The summed E-state index contributed by atoms with van der Waals surface area (Å²) >= 11 is 0. The van der Waals surface area contributed by atoms with Gasteiger partial charge in [-0.1, -0.05) is 127 Å². The molecular weight excluding hydrogens is 615 g/mol. The standard InChI is InChI=1S/C45H27N3O2/c1-2-11-28(12-3-1)29-21-23-30(24-22-29)32-13-4-5-16-36(32)44-46-43(31-25-26-41-38(27-31)34-15-7-8-19-39(34)49-41)47-45(48-44)37-18-10-17-35-33-14-6-9-20-40(33)50-42(35)37/h1-27H/i6D,7D,8D,9D,10D,14D,15D,17D,18D,19D,20D,25D,26D,27D. The molecule has 0 bridgehead atoms. The molecule has 0 aliphatic heterocycles. The van der Waals surface area contributed by atoms with Crippen LogP contribution in [0.3, 0.4) is 0 Å². The number of benzene rings is 7. The number of para-hydroxylation sites is 3. The third-order valence-corrected chi connectivity index (χ3v) is 8.38. The van der Waals surface area contributed by atoms with Crippen molar-refractivity contribution in [3.63, 3.8) is 0 Å². The molecule has 5 heteroatoms. The molecule has 0 radical (unpaired) electrons. The van der Waals surface area contributed by atoms with E-state index in [0.29, 0.717) is 11.1 Å². The molecule has 0 atom stereocenters. The van der Waals surface area contributed by atoms with Crippen LogP contribution in [0.2, 0.25) is 0 Å². The van der Waals surface area contributed by atoms with Gasteiger partial charge in [-0.2, -0.15) is 0 Å². The van der Waals surface area contributed by atoms with E-state index in [4.69, 9.17) is 33.9 Å². The summed E-state index contributed by atoms with van der Waals surface area (Å²) in [6.07, 6.45) is 0. The predicted octanol–water partition coefficient (Wildman–Crippen LogP) is 12.0. The quantitative estimate of drug-likeness (QED) is 0.185. The molecule has 10 rings (SSSR count). The number of furan rings is 2. The van der Waals surface area contributed by atoms with E-state index in [0.717, 1.165) is 16.7 Å². The average molecular weight is 656 g/mol. The summed E-state index contributed by atoms with van der Waals surface area (Å²) in [6, 6.07) is 16.5. The third kappa shape index (κ3) is 4.67. The van der Waals surface area contributed by atoms with Gasteiger partial charge in [-0.15, -0.1) is 0 Å². The van der Waals surface area contributed by atoms with Gasteiger partial charge < -0.3 is 8.83 Å². The fourth-order valence-electron chi connectivity index (χ4n) is 6.02. The molecule has 0 unspecified atom stereocenters. The molecule has 7 aromatic carbocycles. The van der Waals surface area contributed by atoms with E-state index in [2.05, 4.69) is 4.98 Å². The van der Waals surface area contributed by atoms with Crippen molar-refractivity contribution in [1.29, 1.82) is 0 Å². The van der Waals surface area contributed by atoms with Crippen molar-refractivity contribution in [2.75, 3.05) is 0 Å². The lowest BCUT2D eigenvalue weighted by Gasteiger charge is -2.13. The molecule has 0 spiro atoms. The van der Waals surface area contributed by atoms with E-state index < -0.39 is 84.6 Å². The maximum Gasteiger partial charge on any atom is 0.167 e. The molecule has 0 amide bonds. The minimum atomic E-state index is -0.642. The summed E-state index contributed by atoms with van der Waals surface area (Å²) in [4.78, 5) is 14.3. The number of nitrogens with zero attached hydrogens (tertiary/aromatic N) is 3. The maximum atomic E-state index is 9.51. The van der Waals surface area contributed by atoms with E-state index in [1.807, 2.05) is 60.7 Å². The number of hydrogen-bond donors (Lipinski definition) is 0. The Labute approximate surface area is 306 Å². The number of rotatable bonds is 5. The lowest BCUT2D eigenvalue weighted by molar-refractivity contribution is 0.669. The molecule has 0 fully saturated rings. The molecule has 0 aliphatic rings. The molecule has 0 saturated heterocycles. The van der Waals surface area contributed by atoms with Crippen LogP contribution in [0.1, 0.15) is 19.2 Å². The Hall–Kier alpha value is -6.85. The highest BCUT2D eigenvalue weighted by Gasteiger charge is 2.20. The van der Waals surface area contributed by atoms with Crippen molar-refractivity contribution in [3.8, 4) is 56.4 Å². The molecule has 0 saturated carbocycles. The summed E-state index contributed by atoms with van der Waals surface area (Å²) in [5, 5.41) is -0.780. The fraction of sp³-hybridized carbons (Fsp3) is 0. The van der Waals surface area contributed by atoms with Gasteiger partial charge in [0.25, 0.3) is 0 Å². The predicted molar refractivity (Wildman–Crippen MR) is 202 cm³/mol. The third-order valence-electron chi connectivity index (χ3n) is 8.38. The van der Waals surface area contributed by atoms with Crippen LogP contribution in [0, 0.1) is 0 Å². The van der Waals surface area contributed by atoms with Crippen molar-refractivity contribution in [3.05, 3.63) is 163 Å². The molecular formula is C45H27N3O2. The first kappa shape index (κ1) is 17.5. The highest BCUT2D eigenvalue weighted by atomic mass is 16.3. The van der Waals surface area contributed by atoms with Gasteiger partial charge in [0.2, 0.25) is 0 Å². The first-order valence-electron chi connectivity index (χ1n) is 22.5. The second-order valence-electron chi connectivity index (χ2n) is 11.3. The van der Waals surface area contributed by atoms with E-state index in [1.165, 1.54) is 0 Å². The molecule has 234 valence electrons. The Morgan fingerprint density at radius 1 is 0.380 bits per heavy atom. The van der Waals surface area contributed by atoms with Crippen LogP contribution < -0.4 is 0 Å². The Kier molecular flexibility index (Phi) is 3.99. The zero-order chi connectivity index (χ0) is 45.2. The highest BCUT2D eigenvalue weighted by molar-refractivity contribution is 6.09. The second-order valence-corrected chi connectivity index (χ2v) is 11.3. The van der Waals surface area contributed by atoms with Crippen LogP contribution in [-0.2, 0) is 0 Å². The van der Waals surface area contributed by atoms with E-state index in [-0.39, 0.29) is 72.5 Å². The first-order valence-corrected chi connectivity index (χ1v) is 15.5. The first-order chi connectivity index (χ1) is 30.6. The van der Waals surface area contributed by atoms with Crippen molar-refractivity contribution >= 4 is 43.9 Å². The molecule has 3 heterocycles. The topological polar surface area (TPSA) is 65.0 Å². The van der Waals surface area contributed by atoms with Gasteiger partial charge in [-0.05, 0) is 58.5 Å². The molecule has 3 aromatic heterocycles.